The zero-order valence-corrected chi connectivity index (χ0v) is 21.4. The summed E-state index contributed by atoms with van der Waals surface area (Å²) >= 11 is 6.26. The summed E-state index contributed by atoms with van der Waals surface area (Å²) in [6, 6.07) is 17.0. The molecule has 2 atom stereocenters. The molecule has 0 radical (unpaired) electrons. The second-order valence-electron chi connectivity index (χ2n) is 8.75. The van der Waals surface area contributed by atoms with Crippen molar-refractivity contribution >= 4 is 40.9 Å². The molecule has 0 aromatic heterocycles. The van der Waals surface area contributed by atoms with E-state index in [1.54, 1.807) is 37.3 Å². The standard InChI is InChI=1S/C28H26ClN3O5/c1-17-9-14-22(29)23(15-17)30-26(34)24(25(33)20-10-12-21(37-3)13-11-20)32-27(35)18(2)31(28(32)36)16-19-7-5-4-6-8-19/h4-15,18,24H,16H2,1-3H3,(H,30,34). The highest BCUT2D eigenvalue weighted by atomic mass is 35.5. The molecule has 2 unspecified atom stereocenters. The van der Waals surface area contributed by atoms with Crippen molar-refractivity contribution in [2.45, 2.75) is 32.5 Å². The summed E-state index contributed by atoms with van der Waals surface area (Å²) < 4.78 is 5.15. The summed E-state index contributed by atoms with van der Waals surface area (Å²) in [5.74, 6) is -1.68. The van der Waals surface area contributed by atoms with Gasteiger partial charge < -0.3 is 15.0 Å². The Kier molecular flexibility index (Phi) is 7.59. The highest BCUT2D eigenvalue weighted by molar-refractivity contribution is 6.34. The number of rotatable bonds is 8. The van der Waals surface area contributed by atoms with Crippen molar-refractivity contribution in [3.63, 3.8) is 0 Å². The molecule has 4 amide bonds. The highest BCUT2D eigenvalue weighted by Crippen LogP contribution is 2.28. The number of hydrogen-bond acceptors (Lipinski definition) is 5. The second-order valence-corrected chi connectivity index (χ2v) is 9.16. The van der Waals surface area contributed by atoms with E-state index in [1.165, 1.54) is 24.1 Å². The number of aryl methyl sites for hydroxylation is 1. The number of carbonyl (C=O) groups is 4. The third-order valence-corrected chi connectivity index (χ3v) is 6.55. The largest absolute Gasteiger partial charge is 0.497 e. The Morgan fingerprint density at radius 3 is 2.35 bits per heavy atom. The molecule has 0 spiro atoms. The Balaban J connectivity index is 1.71. The fourth-order valence-corrected chi connectivity index (χ4v) is 4.32. The first kappa shape index (κ1) is 25.9. The monoisotopic (exact) mass is 519 g/mol. The lowest BCUT2D eigenvalue weighted by atomic mass is 10.0. The number of urea groups is 1. The molecule has 1 N–H and O–H groups in total. The molecule has 1 heterocycles. The summed E-state index contributed by atoms with van der Waals surface area (Å²) in [6.07, 6.45) is 0. The van der Waals surface area contributed by atoms with Gasteiger partial charge in [-0.25, -0.2) is 9.69 Å². The Bertz CT molecular complexity index is 1340. The van der Waals surface area contributed by atoms with Crippen molar-refractivity contribution in [3.05, 3.63) is 94.5 Å². The third-order valence-electron chi connectivity index (χ3n) is 6.22. The molecule has 9 heteroatoms. The molecule has 3 aromatic carbocycles. The molecule has 1 saturated heterocycles. The minimum atomic E-state index is -1.74. The first-order valence-corrected chi connectivity index (χ1v) is 12.0. The summed E-state index contributed by atoms with van der Waals surface area (Å²) in [7, 11) is 1.49. The number of hydrogen-bond donors (Lipinski definition) is 1. The predicted molar refractivity (Wildman–Crippen MR) is 140 cm³/mol. The molecule has 3 aromatic rings. The molecular formula is C28H26ClN3O5. The maximum Gasteiger partial charge on any atom is 0.328 e. The predicted octanol–water partition coefficient (Wildman–Crippen LogP) is 4.70. The van der Waals surface area contributed by atoms with Crippen molar-refractivity contribution in [1.29, 1.82) is 0 Å². The summed E-state index contributed by atoms with van der Waals surface area (Å²) in [4.78, 5) is 56.3. The number of ketones is 1. The fraction of sp³-hybridized carbons (Fsp3) is 0.214. The van der Waals surface area contributed by atoms with Gasteiger partial charge in [-0.2, -0.15) is 0 Å². The Morgan fingerprint density at radius 2 is 1.70 bits per heavy atom. The number of imide groups is 1. The van der Waals surface area contributed by atoms with Crippen LogP contribution in [-0.2, 0) is 16.1 Å². The van der Waals surface area contributed by atoms with Crippen LogP contribution < -0.4 is 10.1 Å². The minimum Gasteiger partial charge on any atom is -0.497 e. The number of nitrogens with one attached hydrogen (secondary N) is 1. The Hall–Kier alpha value is -4.17. The maximum atomic E-state index is 13.7. The van der Waals surface area contributed by atoms with Crippen LogP contribution in [0.5, 0.6) is 5.75 Å². The fourth-order valence-electron chi connectivity index (χ4n) is 4.16. The Labute approximate surface area is 219 Å². The first-order valence-electron chi connectivity index (χ1n) is 11.6. The van der Waals surface area contributed by atoms with E-state index < -0.39 is 35.7 Å². The third kappa shape index (κ3) is 5.34. The Morgan fingerprint density at radius 1 is 1.03 bits per heavy atom. The van der Waals surface area contributed by atoms with Crippen molar-refractivity contribution in [2.24, 2.45) is 0 Å². The number of anilines is 1. The van der Waals surface area contributed by atoms with Gasteiger partial charge >= 0.3 is 6.03 Å². The van der Waals surface area contributed by atoms with Crippen LogP contribution in [0.3, 0.4) is 0 Å². The lowest BCUT2D eigenvalue weighted by molar-refractivity contribution is -0.133. The lowest BCUT2D eigenvalue weighted by Crippen LogP contribution is -2.52. The van der Waals surface area contributed by atoms with Gasteiger partial charge in [-0.1, -0.05) is 48.0 Å². The molecule has 37 heavy (non-hydrogen) atoms. The van der Waals surface area contributed by atoms with Gasteiger partial charge in [0.1, 0.15) is 11.8 Å². The number of halogens is 1. The van der Waals surface area contributed by atoms with Gasteiger partial charge in [-0.3, -0.25) is 14.4 Å². The van der Waals surface area contributed by atoms with E-state index in [4.69, 9.17) is 16.3 Å². The molecule has 190 valence electrons. The number of carbonyl (C=O) groups excluding carboxylic acids is 4. The van der Waals surface area contributed by atoms with E-state index in [2.05, 4.69) is 5.32 Å². The zero-order valence-electron chi connectivity index (χ0n) is 20.6. The average Bonchev–Trinajstić information content (AvgIpc) is 3.10. The van der Waals surface area contributed by atoms with Crippen LogP contribution in [0.1, 0.15) is 28.4 Å². The summed E-state index contributed by atoms with van der Waals surface area (Å²) in [5.41, 5.74) is 2.05. The highest BCUT2D eigenvalue weighted by Gasteiger charge is 2.50. The zero-order chi connectivity index (χ0) is 26.7. The number of ether oxygens (including phenoxy) is 1. The number of nitrogens with zero attached hydrogens (tertiary/aromatic N) is 2. The van der Waals surface area contributed by atoms with E-state index in [0.29, 0.717) is 5.75 Å². The van der Waals surface area contributed by atoms with Crippen LogP contribution in [-0.4, -0.2) is 52.6 Å². The number of benzene rings is 3. The molecule has 8 nitrogen and oxygen atoms in total. The van der Waals surface area contributed by atoms with Crippen molar-refractivity contribution in [3.8, 4) is 5.75 Å². The van der Waals surface area contributed by atoms with E-state index in [-0.39, 0.29) is 22.8 Å². The minimum absolute atomic E-state index is 0.144. The summed E-state index contributed by atoms with van der Waals surface area (Å²) in [5, 5.41) is 2.90. The molecule has 1 aliphatic heterocycles. The SMILES string of the molecule is COc1ccc(C(=O)C(C(=O)Nc2cc(C)ccc2Cl)N2C(=O)C(C)N(Cc3ccccc3)C2=O)cc1. The van der Waals surface area contributed by atoms with Crippen LogP contribution in [0.25, 0.3) is 0 Å². The van der Waals surface area contributed by atoms with Gasteiger partial charge in [0.25, 0.3) is 11.8 Å². The molecule has 0 bridgehead atoms. The smallest absolute Gasteiger partial charge is 0.328 e. The first-order chi connectivity index (χ1) is 17.7. The van der Waals surface area contributed by atoms with E-state index in [1.807, 2.05) is 37.3 Å². The molecule has 1 fully saturated rings. The van der Waals surface area contributed by atoms with Crippen LogP contribution in [0.15, 0.2) is 72.8 Å². The molecule has 0 aliphatic carbocycles. The van der Waals surface area contributed by atoms with Crippen LogP contribution in [0, 0.1) is 6.92 Å². The van der Waals surface area contributed by atoms with Crippen LogP contribution in [0.4, 0.5) is 10.5 Å². The number of amides is 4. The lowest BCUT2D eigenvalue weighted by Gasteiger charge is -2.25. The summed E-state index contributed by atoms with van der Waals surface area (Å²) in [6.45, 7) is 3.55. The van der Waals surface area contributed by atoms with Gasteiger partial charge in [-0.15, -0.1) is 0 Å². The quantitative estimate of drug-likeness (QED) is 0.264. The van der Waals surface area contributed by atoms with Crippen molar-refractivity contribution in [1.82, 2.24) is 9.80 Å². The maximum absolute atomic E-state index is 13.7. The molecule has 0 saturated carbocycles. The average molecular weight is 520 g/mol. The van der Waals surface area contributed by atoms with E-state index in [0.717, 1.165) is 16.0 Å². The number of methoxy groups -OCH3 is 1. The molecule has 4 rings (SSSR count). The van der Waals surface area contributed by atoms with Crippen molar-refractivity contribution in [2.75, 3.05) is 12.4 Å². The van der Waals surface area contributed by atoms with Gasteiger partial charge in [0.05, 0.1) is 17.8 Å². The van der Waals surface area contributed by atoms with Gasteiger partial charge in [-0.05, 0) is 61.4 Å². The number of Topliss-reactive ketones (excluding diaryl/α,β-unsaturated/α-hetero) is 1. The molecular weight excluding hydrogens is 494 g/mol. The normalized spacial score (nSPS) is 16.1. The van der Waals surface area contributed by atoms with E-state index >= 15 is 0 Å². The van der Waals surface area contributed by atoms with Gasteiger partial charge in [0, 0.05) is 12.1 Å². The van der Waals surface area contributed by atoms with Crippen LogP contribution in [0.2, 0.25) is 5.02 Å². The molecule has 1 aliphatic rings. The van der Waals surface area contributed by atoms with Crippen molar-refractivity contribution < 1.29 is 23.9 Å². The van der Waals surface area contributed by atoms with Gasteiger partial charge in [0.15, 0.2) is 11.8 Å². The van der Waals surface area contributed by atoms with Gasteiger partial charge in [0.2, 0.25) is 0 Å². The second kappa shape index (κ2) is 10.8. The topological polar surface area (TPSA) is 96.0 Å². The van der Waals surface area contributed by atoms with Crippen LogP contribution >= 0.6 is 11.6 Å². The van der Waals surface area contributed by atoms with E-state index in [9.17, 15) is 19.2 Å².